The van der Waals surface area contributed by atoms with Crippen LogP contribution in [0.3, 0.4) is 0 Å². The highest BCUT2D eigenvalue weighted by atomic mass is 32.2. The molecular weight excluding hydrogens is 194 g/mol. The summed E-state index contributed by atoms with van der Waals surface area (Å²) in [5.74, 6) is 2.15. The minimum absolute atomic E-state index is 0.231. The first-order valence-electron chi connectivity index (χ1n) is 5.05. The zero-order chi connectivity index (χ0) is 10.8. The third-order valence-electron chi connectivity index (χ3n) is 2.89. The Hall–Kier alpha value is -0.440. The quantitative estimate of drug-likeness (QED) is 0.671. The van der Waals surface area contributed by atoms with E-state index < -0.39 is 0 Å². The molecule has 0 unspecified atom stereocenters. The second-order valence-corrected chi connectivity index (χ2v) is 5.26. The van der Waals surface area contributed by atoms with Gasteiger partial charge in [-0.05, 0) is 20.3 Å². The molecule has 1 aliphatic heterocycles. The number of rotatable bonds is 3. The van der Waals surface area contributed by atoms with Crippen LogP contribution in [0.1, 0.15) is 27.2 Å². The van der Waals surface area contributed by atoms with E-state index >= 15 is 0 Å². The minimum Gasteiger partial charge on any atom is -0.332 e. The fourth-order valence-electron chi connectivity index (χ4n) is 1.56. The van der Waals surface area contributed by atoms with Crippen molar-refractivity contribution in [3.8, 4) is 0 Å². The highest BCUT2D eigenvalue weighted by molar-refractivity contribution is 7.99. The van der Waals surface area contributed by atoms with E-state index in [-0.39, 0.29) is 11.3 Å². The van der Waals surface area contributed by atoms with Crippen LogP contribution in [0.15, 0.2) is 12.2 Å². The normalized spacial score (nSPS) is 17.2. The lowest BCUT2D eigenvalue weighted by Crippen LogP contribution is -2.40. The molecule has 1 heterocycles. The summed E-state index contributed by atoms with van der Waals surface area (Å²) in [6.07, 6.45) is 0.875. The zero-order valence-electron chi connectivity index (χ0n) is 9.30. The third-order valence-corrected chi connectivity index (χ3v) is 3.85. The molecule has 1 amide bonds. The Labute approximate surface area is 90.7 Å². The van der Waals surface area contributed by atoms with E-state index in [1.807, 2.05) is 30.5 Å². The van der Waals surface area contributed by atoms with Gasteiger partial charge in [-0.25, -0.2) is 0 Å². The Bertz CT molecular complexity index is 242. The topological polar surface area (TPSA) is 20.3 Å². The van der Waals surface area contributed by atoms with Crippen molar-refractivity contribution in [1.29, 1.82) is 0 Å². The van der Waals surface area contributed by atoms with Gasteiger partial charge in [-0.1, -0.05) is 19.1 Å². The fourth-order valence-corrected chi connectivity index (χ4v) is 2.51. The second kappa shape index (κ2) is 4.39. The molecule has 0 aromatic rings. The van der Waals surface area contributed by atoms with Crippen molar-refractivity contribution in [3.05, 3.63) is 12.2 Å². The second-order valence-electron chi connectivity index (χ2n) is 4.19. The Kier molecular flexibility index (Phi) is 3.65. The first-order valence-corrected chi connectivity index (χ1v) is 6.21. The molecule has 0 radical (unpaired) electrons. The maximum Gasteiger partial charge on any atom is 0.233 e. The van der Waals surface area contributed by atoms with Crippen molar-refractivity contribution in [2.75, 3.05) is 18.2 Å². The Balaban J connectivity index is 2.70. The van der Waals surface area contributed by atoms with Gasteiger partial charge in [0.1, 0.15) is 0 Å². The molecular formula is C11H19NOS. The van der Waals surface area contributed by atoms with Crippen LogP contribution < -0.4 is 0 Å². The number of hydrogen-bond donors (Lipinski definition) is 0. The van der Waals surface area contributed by atoms with Gasteiger partial charge < -0.3 is 4.90 Å². The Morgan fingerprint density at radius 2 is 2.21 bits per heavy atom. The molecule has 3 heteroatoms. The number of thioether (sulfide) groups is 1. The minimum atomic E-state index is -0.389. The van der Waals surface area contributed by atoms with E-state index in [9.17, 15) is 4.79 Å². The zero-order valence-corrected chi connectivity index (χ0v) is 10.1. The molecule has 0 aromatic heterocycles. The standard InChI is InChI=1S/C11H19NOS/c1-5-9(2)11(3,4)10(13)12-6-7-14-8-12/h2,5-8H2,1,3-4H3. The summed E-state index contributed by atoms with van der Waals surface area (Å²) in [6.45, 7) is 10.9. The van der Waals surface area contributed by atoms with Gasteiger partial charge in [0, 0.05) is 12.3 Å². The lowest BCUT2D eigenvalue weighted by molar-refractivity contribution is -0.136. The van der Waals surface area contributed by atoms with E-state index in [1.54, 1.807) is 0 Å². The van der Waals surface area contributed by atoms with E-state index in [1.165, 1.54) is 0 Å². The lowest BCUT2D eigenvalue weighted by Gasteiger charge is -2.30. The maximum absolute atomic E-state index is 12.1. The van der Waals surface area contributed by atoms with Crippen molar-refractivity contribution in [2.24, 2.45) is 5.41 Å². The summed E-state index contributed by atoms with van der Waals surface area (Å²) in [6, 6.07) is 0. The van der Waals surface area contributed by atoms with Gasteiger partial charge in [0.15, 0.2) is 0 Å². The summed E-state index contributed by atoms with van der Waals surface area (Å²) >= 11 is 1.82. The molecule has 0 aliphatic carbocycles. The van der Waals surface area contributed by atoms with Crippen molar-refractivity contribution in [3.63, 3.8) is 0 Å². The third kappa shape index (κ3) is 2.14. The first kappa shape index (κ1) is 11.6. The van der Waals surface area contributed by atoms with E-state index in [4.69, 9.17) is 0 Å². The van der Waals surface area contributed by atoms with Gasteiger partial charge in [-0.3, -0.25) is 4.79 Å². The van der Waals surface area contributed by atoms with E-state index in [2.05, 4.69) is 13.5 Å². The monoisotopic (exact) mass is 213 g/mol. The van der Waals surface area contributed by atoms with Gasteiger partial charge in [-0.15, -0.1) is 11.8 Å². The van der Waals surface area contributed by atoms with Gasteiger partial charge in [-0.2, -0.15) is 0 Å². The summed E-state index contributed by atoms with van der Waals surface area (Å²) in [7, 11) is 0. The molecule has 80 valence electrons. The van der Waals surface area contributed by atoms with Gasteiger partial charge in [0.2, 0.25) is 5.91 Å². The van der Waals surface area contributed by atoms with Gasteiger partial charge in [0.05, 0.1) is 11.3 Å². The molecule has 14 heavy (non-hydrogen) atoms. The molecule has 0 bridgehead atoms. The summed E-state index contributed by atoms with van der Waals surface area (Å²) < 4.78 is 0. The van der Waals surface area contributed by atoms with Crippen LogP contribution in [0.5, 0.6) is 0 Å². The van der Waals surface area contributed by atoms with Crippen LogP contribution in [0.25, 0.3) is 0 Å². The molecule has 1 aliphatic rings. The number of carbonyl (C=O) groups is 1. The molecule has 1 rings (SSSR count). The average molecular weight is 213 g/mol. The number of nitrogens with zero attached hydrogens (tertiary/aromatic N) is 1. The Morgan fingerprint density at radius 3 is 2.64 bits per heavy atom. The highest BCUT2D eigenvalue weighted by Gasteiger charge is 2.34. The molecule has 0 saturated carbocycles. The summed E-state index contributed by atoms with van der Waals surface area (Å²) in [4.78, 5) is 14.1. The van der Waals surface area contributed by atoms with Crippen LogP contribution in [0.4, 0.5) is 0 Å². The predicted molar refractivity (Wildman–Crippen MR) is 62.3 cm³/mol. The van der Waals surface area contributed by atoms with Crippen molar-refractivity contribution < 1.29 is 4.79 Å². The Morgan fingerprint density at radius 1 is 1.57 bits per heavy atom. The van der Waals surface area contributed by atoms with Crippen LogP contribution in [-0.4, -0.2) is 29.0 Å². The molecule has 1 saturated heterocycles. The fraction of sp³-hybridized carbons (Fsp3) is 0.727. The first-order chi connectivity index (χ1) is 6.50. The van der Waals surface area contributed by atoms with Crippen molar-refractivity contribution in [2.45, 2.75) is 27.2 Å². The SMILES string of the molecule is C=C(CC)C(C)(C)C(=O)N1CCSC1. The highest BCUT2D eigenvalue weighted by Crippen LogP contribution is 2.31. The lowest BCUT2D eigenvalue weighted by atomic mass is 9.82. The van der Waals surface area contributed by atoms with Crippen molar-refractivity contribution in [1.82, 2.24) is 4.90 Å². The molecule has 1 fully saturated rings. The summed E-state index contributed by atoms with van der Waals surface area (Å²) in [5, 5.41) is 0. The summed E-state index contributed by atoms with van der Waals surface area (Å²) in [5.41, 5.74) is 0.638. The molecule has 0 aromatic carbocycles. The van der Waals surface area contributed by atoms with E-state index in [0.717, 1.165) is 30.2 Å². The number of hydrogen-bond acceptors (Lipinski definition) is 2. The van der Waals surface area contributed by atoms with Crippen LogP contribution in [0, 0.1) is 5.41 Å². The predicted octanol–water partition coefficient (Wildman–Crippen LogP) is 2.51. The van der Waals surface area contributed by atoms with E-state index in [0.29, 0.717) is 0 Å². The molecule has 2 nitrogen and oxygen atoms in total. The maximum atomic E-state index is 12.1. The molecule has 0 atom stereocenters. The van der Waals surface area contributed by atoms with Crippen LogP contribution in [-0.2, 0) is 4.79 Å². The van der Waals surface area contributed by atoms with Crippen LogP contribution in [0.2, 0.25) is 0 Å². The van der Waals surface area contributed by atoms with Gasteiger partial charge in [0.25, 0.3) is 0 Å². The largest absolute Gasteiger partial charge is 0.332 e. The van der Waals surface area contributed by atoms with Crippen molar-refractivity contribution >= 4 is 17.7 Å². The number of amides is 1. The smallest absolute Gasteiger partial charge is 0.233 e. The average Bonchev–Trinajstić information content (AvgIpc) is 2.67. The number of carbonyl (C=O) groups excluding carboxylic acids is 1. The van der Waals surface area contributed by atoms with Gasteiger partial charge >= 0.3 is 0 Å². The molecule has 0 N–H and O–H groups in total. The van der Waals surface area contributed by atoms with Crippen LogP contribution >= 0.6 is 11.8 Å². The molecule has 0 spiro atoms.